The second-order valence-electron chi connectivity index (χ2n) is 17.4. The molecule has 2 atom stereocenters. The van der Waals surface area contributed by atoms with Gasteiger partial charge in [0.25, 0.3) is 0 Å². The van der Waals surface area contributed by atoms with Crippen LogP contribution in [0.1, 0.15) is 226 Å². The van der Waals surface area contributed by atoms with Crippen molar-refractivity contribution < 1.29 is 38.2 Å². The lowest BCUT2D eigenvalue weighted by atomic mass is 10.0. The summed E-state index contributed by atoms with van der Waals surface area (Å²) in [5, 5.41) is 11.6. The van der Waals surface area contributed by atoms with Crippen molar-refractivity contribution in [3.8, 4) is 0 Å². The number of quaternary nitrogens is 1. The number of rotatable bonds is 43. The number of likely N-dealkylation sites (N-methyl/N-ethyl adjacent to an activating group) is 1. The van der Waals surface area contributed by atoms with E-state index in [0.717, 1.165) is 38.5 Å². The average molecular weight is 794 g/mol. The zero-order valence-corrected chi connectivity index (χ0v) is 37.6. The van der Waals surface area contributed by atoms with Gasteiger partial charge >= 0.3 is 11.9 Å². The van der Waals surface area contributed by atoms with Crippen molar-refractivity contribution in [2.75, 3.05) is 41.0 Å². The Balaban J connectivity index is 4.27. The van der Waals surface area contributed by atoms with Crippen molar-refractivity contribution >= 4 is 17.9 Å². The number of nitrogens with zero attached hydrogens (tertiary/aromatic N) is 1. The molecule has 0 N–H and O–H groups in total. The number of ether oxygens (including phenoxy) is 3. The lowest BCUT2D eigenvalue weighted by Crippen LogP contribution is -2.55. The van der Waals surface area contributed by atoms with Gasteiger partial charge in [-0.05, 0) is 38.5 Å². The Labute approximate surface area is 346 Å². The predicted octanol–water partition coefficient (Wildman–Crippen LogP) is 11.8. The molecule has 0 aromatic rings. The molecule has 0 fully saturated rings. The quantitative estimate of drug-likeness (QED) is 0.0262. The van der Waals surface area contributed by atoms with Crippen LogP contribution in [0.25, 0.3) is 0 Å². The van der Waals surface area contributed by atoms with Gasteiger partial charge in [-0.25, -0.2) is 0 Å². The Morgan fingerprint density at radius 2 is 0.893 bits per heavy atom. The molecular formula is C48H91NO7. The van der Waals surface area contributed by atoms with Crippen LogP contribution < -0.4 is 5.11 Å². The summed E-state index contributed by atoms with van der Waals surface area (Å²) in [6.07, 6.45) is 42.3. The Kier molecular flexibility index (Phi) is 38.5. The summed E-state index contributed by atoms with van der Waals surface area (Å²) in [5.41, 5.74) is 0. The van der Waals surface area contributed by atoms with Crippen molar-refractivity contribution in [3.05, 3.63) is 12.2 Å². The van der Waals surface area contributed by atoms with Crippen LogP contribution in [0.5, 0.6) is 0 Å². The third kappa shape index (κ3) is 37.6. The maximum atomic E-state index is 12.7. The molecule has 0 rings (SSSR count). The second kappa shape index (κ2) is 39.9. The highest BCUT2D eigenvalue weighted by molar-refractivity contribution is 5.70. The standard InChI is InChI=1S/C48H91NO7/c1-6-8-10-12-14-16-18-20-22-23-25-27-29-31-33-35-37-39-47(51)56-44(42-54-41-40-45(48(52)53)49(3,4)5)43-55-46(50)38-36-34-32-30-28-26-24-21-19-17-15-13-11-9-7-2/h17,19,44-45H,6-16,18,20-43H2,1-5H3/b19-17+. The van der Waals surface area contributed by atoms with E-state index in [9.17, 15) is 19.5 Å². The van der Waals surface area contributed by atoms with E-state index in [1.54, 1.807) is 21.1 Å². The number of aliphatic carboxylic acids is 1. The summed E-state index contributed by atoms with van der Waals surface area (Å²) < 4.78 is 17.2. The van der Waals surface area contributed by atoms with Gasteiger partial charge in [-0.15, -0.1) is 0 Å². The van der Waals surface area contributed by atoms with E-state index in [1.807, 2.05) is 0 Å². The maximum absolute atomic E-state index is 12.7. The number of carbonyl (C=O) groups is 3. The fourth-order valence-electron chi connectivity index (χ4n) is 7.18. The van der Waals surface area contributed by atoms with E-state index in [0.29, 0.717) is 12.8 Å². The number of hydrogen-bond acceptors (Lipinski definition) is 7. The molecule has 56 heavy (non-hydrogen) atoms. The maximum Gasteiger partial charge on any atom is 0.306 e. The molecule has 330 valence electrons. The highest BCUT2D eigenvalue weighted by Crippen LogP contribution is 2.16. The van der Waals surface area contributed by atoms with Gasteiger partial charge in [0.05, 0.1) is 40.3 Å². The fraction of sp³-hybridized carbons (Fsp3) is 0.896. The first-order chi connectivity index (χ1) is 27.1. The molecule has 0 spiro atoms. The summed E-state index contributed by atoms with van der Waals surface area (Å²) in [6, 6.07) is -0.722. The van der Waals surface area contributed by atoms with Gasteiger partial charge in [0.1, 0.15) is 12.6 Å². The third-order valence-electron chi connectivity index (χ3n) is 10.9. The molecule has 0 saturated carbocycles. The van der Waals surface area contributed by atoms with Gasteiger partial charge in [0.2, 0.25) is 0 Å². The number of allylic oxidation sites excluding steroid dienone is 2. The van der Waals surface area contributed by atoms with E-state index >= 15 is 0 Å². The molecule has 8 nitrogen and oxygen atoms in total. The second-order valence-corrected chi connectivity index (χ2v) is 17.4. The zero-order valence-electron chi connectivity index (χ0n) is 37.6. The zero-order chi connectivity index (χ0) is 41.4. The SMILES string of the molecule is CCCCCC/C=C/CCCCCCCCCC(=O)OCC(COCCC(C(=O)[O-])[N+](C)(C)C)OC(=O)CCCCCCCCCCCCCCCCCCC. The topological polar surface area (TPSA) is 102 Å². The molecule has 0 amide bonds. The fourth-order valence-corrected chi connectivity index (χ4v) is 7.18. The predicted molar refractivity (Wildman–Crippen MR) is 231 cm³/mol. The molecule has 0 aromatic carbocycles. The van der Waals surface area contributed by atoms with Gasteiger partial charge in [-0.1, -0.05) is 180 Å². The smallest absolute Gasteiger partial charge is 0.306 e. The minimum Gasteiger partial charge on any atom is -0.544 e. The van der Waals surface area contributed by atoms with Crippen LogP contribution in [-0.4, -0.2) is 75.5 Å². The van der Waals surface area contributed by atoms with E-state index < -0.39 is 18.1 Å². The first-order valence-electron chi connectivity index (χ1n) is 23.7. The monoisotopic (exact) mass is 794 g/mol. The van der Waals surface area contributed by atoms with Gasteiger partial charge < -0.3 is 28.6 Å². The van der Waals surface area contributed by atoms with E-state index in [1.165, 1.54) is 154 Å². The van der Waals surface area contributed by atoms with E-state index in [2.05, 4.69) is 26.0 Å². The first-order valence-corrected chi connectivity index (χ1v) is 23.7. The molecule has 0 heterocycles. The summed E-state index contributed by atoms with van der Waals surface area (Å²) in [5.74, 6) is -1.72. The molecule has 0 aliphatic rings. The minimum atomic E-state index is -1.12. The van der Waals surface area contributed by atoms with Gasteiger partial charge in [-0.3, -0.25) is 9.59 Å². The van der Waals surface area contributed by atoms with Crippen molar-refractivity contribution in [2.45, 2.75) is 238 Å². The Bertz CT molecular complexity index is 931. The molecule has 0 bridgehead atoms. The lowest BCUT2D eigenvalue weighted by molar-refractivity contribution is -0.889. The van der Waals surface area contributed by atoms with Crippen molar-refractivity contribution in [1.82, 2.24) is 0 Å². The molecule has 0 aliphatic heterocycles. The lowest BCUT2D eigenvalue weighted by Gasteiger charge is -2.34. The third-order valence-corrected chi connectivity index (χ3v) is 10.9. The molecule has 0 aromatic heterocycles. The summed E-state index contributed by atoms with van der Waals surface area (Å²) in [7, 11) is 5.42. The number of carbonyl (C=O) groups excluding carboxylic acids is 3. The normalized spacial score (nSPS) is 12.9. The molecule has 0 saturated heterocycles. The number of hydrogen-bond donors (Lipinski definition) is 0. The summed E-state index contributed by atoms with van der Waals surface area (Å²) >= 11 is 0. The number of unbranched alkanes of at least 4 members (excludes halogenated alkanes) is 27. The highest BCUT2D eigenvalue weighted by atomic mass is 16.6. The van der Waals surface area contributed by atoms with Crippen LogP contribution in [0.2, 0.25) is 0 Å². The summed E-state index contributed by atoms with van der Waals surface area (Å²) in [6.45, 7) is 4.68. The van der Waals surface area contributed by atoms with Gasteiger partial charge in [-0.2, -0.15) is 0 Å². The number of esters is 2. The Hall–Kier alpha value is -1.93. The molecule has 8 heteroatoms. The van der Waals surface area contributed by atoms with E-state index in [4.69, 9.17) is 14.2 Å². The number of carboxylic acid groups (broad SMARTS) is 1. The van der Waals surface area contributed by atoms with Crippen LogP contribution in [0.4, 0.5) is 0 Å². The molecule has 0 radical (unpaired) electrons. The highest BCUT2D eigenvalue weighted by Gasteiger charge is 2.25. The van der Waals surface area contributed by atoms with Crippen LogP contribution in [0, 0.1) is 0 Å². The Morgan fingerprint density at radius 3 is 1.30 bits per heavy atom. The molecule has 0 aliphatic carbocycles. The molecular weight excluding hydrogens is 703 g/mol. The first kappa shape index (κ1) is 54.1. The van der Waals surface area contributed by atoms with Crippen LogP contribution >= 0.6 is 0 Å². The van der Waals surface area contributed by atoms with Crippen LogP contribution in [0.15, 0.2) is 12.2 Å². The largest absolute Gasteiger partial charge is 0.544 e. The van der Waals surface area contributed by atoms with Gasteiger partial charge in [0, 0.05) is 19.3 Å². The average Bonchev–Trinajstić information content (AvgIpc) is 3.15. The minimum absolute atomic E-state index is 0.0454. The van der Waals surface area contributed by atoms with Crippen LogP contribution in [0.3, 0.4) is 0 Å². The number of carboxylic acids is 1. The molecule has 2 unspecified atom stereocenters. The van der Waals surface area contributed by atoms with E-state index in [-0.39, 0.29) is 42.7 Å². The Morgan fingerprint density at radius 1 is 0.518 bits per heavy atom. The van der Waals surface area contributed by atoms with Crippen molar-refractivity contribution in [2.24, 2.45) is 0 Å². The van der Waals surface area contributed by atoms with Gasteiger partial charge in [0.15, 0.2) is 6.10 Å². The summed E-state index contributed by atoms with van der Waals surface area (Å²) in [4.78, 5) is 36.9. The van der Waals surface area contributed by atoms with Crippen molar-refractivity contribution in [1.29, 1.82) is 0 Å². The van der Waals surface area contributed by atoms with Crippen LogP contribution in [-0.2, 0) is 28.6 Å². The van der Waals surface area contributed by atoms with Crippen molar-refractivity contribution in [3.63, 3.8) is 0 Å².